The molecule has 0 saturated carbocycles. The number of carbonyl (C=O) groups excluding carboxylic acids is 2. The maximum atomic E-state index is 12.1. The predicted molar refractivity (Wildman–Crippen MR) is 100 cm³/mol. The SMILES string of the molecule is C[C@@H](NC(=O)c1cnc(COc2ccc(C(C)(C)C)cc2)[nH]c1=O)C(N)=O. The fourth-order valence-electron chi connectivity index (χ4n) is 2.22. The van der Waals surface area contributed by atoms with Crippen molar-refractivity contribution in [2.24, 2.45) is 5.73 Å². The van der Waals surface area contributed by atoms with Crippen molar-refractivity contribution < 1.29 is 14.3 Å². The lowest BCUT2D eigenvalue weighted by Crippen LogP contribution is -2.43. The minimum atomic E-state index is -0.893. The molecule has 0 spiro atoms. The lowest BCUT2D eigenvalue weighted by molar-refractivity contribution is -0.119. The van der Waals surface area contributed by atoms with Crippen molar-refractivity contribution in [3.05, 3.63) is 57.8 Å². The zero-order valence-corrected chi connectivity index (χ0v) is 15.8. The van der Waals surface area contributed by atoms with E-state index in [9.17, 15) is 14.4 Å². The van der Waals surface area contributed by atoms with Gasteiger partial charge in [-0.1, -0.05) is 32.9 Å². The largest absolute Gasteiger partial charge is 0.486 e. The molecule has 0 bridgehead atoms. The molecule has 144 valence electrons. The van der Waals surface area contributed by atoms with Crippen LogP contribution in [0.4, 0.5) is 0 Å². The van der Waals surface area contributed by atoms with E-state index in [2.05, 4.69) is 36.1 Å². The highest BCUT2D eigenvalue weighted by Crippen LogP contribution is 2.24. The van der Waals surface area contributed by atoms with E-state index in [-0.39, 0.29) is 23.4 Å². The van der Waals surface area contributed by atoms with Crippen LogP contribution in [0.15, 0.2) is 35.3 Å². The van der Waals surface area contributed by atoms with E-state index < -0.39 is 23.4 Å². The van der Waals surface area contributed by atoms with Crippen molar-refractivity contribution in [1.29, 1.82) is 0 Å². The summed E-state index contributed by atoms with van der Waals surface area (Å²) in [4.78, 5) is 41.6. The van der Waals surface area contributed by atoms with E-state index in [0.29, 0.717) is 5.75 Å². The number of aromatic amines is 1. The van der Waals surface area contributed by atoms with Crippen LogP contribution in [-0.2, 0) is 16.8 Å². The molecule has 0 saturated heterocycles. The van der Waals surface area contributed by atoms with Gasteiger partial charge in [-0.2, -0.15) is 0 Å². The summed E-state index contributed by atoms with van der Waals surface area (Å²) in [5.41, 5.74) is 5.48. The van der Waals surface area contributed by atoms with Crippen LogP contribution in [0.1, 0.15) is 49.4 Å². The van der Waals surface area contributed by atoms with E-state index in [1.165, 1.54) is 12.5 Å². The van der Waals surface area contributed by atoms with Gasteiger partial charge in [0.2, 0.25) is 5.91 Å². The second-order valence-electron chi connectivity index (χ2n) is 7.23. The van der Waals surface area contributed by atoms with E-state index in [1.54, 1.807) is 0 Å². The van der Waals surface area contributed by atoms with E-state index in [4.69, 9.17) is 10.5 Å². The van der Waals surface area contributed by atoms with Crippen LogP contribution in [0, 0.1) is 0 Å². The Morgan fingerprint density at radius 1 is 1.26 bits per heavy atom. The average molecular weight is 372 g/mol. The highest BCUT2D eigenvalue weighted by atomic mass is 16.5. The third-order valence-corrected chi connectivity index (χ3v) is 3.97. The molecule has 0 aliphatic carbocycles. The second-order valence-corrected chi connectivity index (χ2v) is 7.23. The molecular formula is C19H24N4O4. The molecule has 1 aromatic heterocycles. The van der Waals surface area contributed by atoms with Crippen molar-refractivity contribution in [2.75, 3.05) is 0 Å². The number of nitrogens with two attached hydrogens (primary N) is 1. The van der Waals surface area contributed by atoms with Gasteiger partial charge in [-0.05, 0) is 30.0 Å². The van der Waals surface area contributed by atoms with Crippen LogP contribution in [0.5, 0.6) is 5.75 Å². The molecule has 2 rings (SSSR count). The van der Waals surface area contributed by atoms with Gasteiger partial charge in [0, 0.05) is 6.20 Å². The average Bonchev–Trinajstić information content (AvgIpc) is 2.59. The fraction of sp³-hybridized carbons (Fsp3) is 0.368. The lowest BCUT2D eigenvalue weighted by Gasteiger charge is -2.19. The van der Waals surface area contributed by atoms with E-state index in [0.717, 1.165) is 6.20 Å². The van der Waals surface area contributed by atoms with Crippen molar-refractivity contribution in [3.8, 4) is 5.75 Å². The highest BCUT2D eigenvalue weighted by Gasteiger charge is 2.17. The Morgan fingerprint density at radius 3 is 2.41 bits per heavy atom. The molecule has 1 atom stereocenters. The number of nitrogens with one attached hydrogen (secondary N) is 2. The minimum absolute atomic E-state index is 0.0453. The summed E-state index contributed by atoms with van der Waals surface area (Å²) in [5.74, 6) is -0.502. The van der Waals surface area contributed by atoms with E-state index >= 15 is 0 Å². The van der Waals surface area contributed by atoms with Gasteiger partial charge in [-0.3, -0.25) is 14.4 Å². The summed E-state index contributed by atoms with van der Waals surface area (Å²) in [6.07, 6.45) is 1.14. The molecule has 0 fully saturated rings. The second kappa shape index (κ2) is 8.03. The topological polar surface area (TPSA) is 127 Å². The third-order valence-electron chi connectivity index (χ3n) is 3.97. The van der Waals surface area contributed by atoms with Crippen LogP contribution >= 0.6 is 0 Å². The highest BCUT2D eigenvalue weighted by molar-refractivity contribution is 5.96. The Morgan fingerprint density at radius 2 is 1.89 bits per heavy atom. The molecule has 8 heteroatoms. The van der Waals surface area contributed by atoms with Gasteiger partial charge in [0.05, 0.1) is 0 Å². The maximum Gasteiger partial charge on any atom is 0.263 e. The van der Waals surface area contributed by atoms with Gasteiger partial charge in [-0.15, -0.1) is 0 Å². The zero-order valence-electron chi connectivity index (χ0n) is 15.8. The molecule has 0 unspecified atom stereocenters. The molecule has 1 heterocycles. The van der Waals surface area contributed by atoms with Gasteiger partial charge in [0.1, 0.15) is 29.8 Å². The molecule has 0 aliphatic rings. The number of H-pyrrole nitrogens is 1. The Balaban J connectivity index is 2.02. The quantitative estimate of drug-likeness (QED) is 0.703. The Bertz CT molecular complexity index is 882. The Labute approximate surface area is 157 Å². The zero-order chi connectivity index (χ0) is 20.2. The monoisotopic (exact) mass is 372 g/mol. The molecule has 2 amide bonds. The van der Waals surface area contributed by atoms with Crippen LogP contribution in [-0.4, -0.2) is 27.8 Å². The first-order chi connectivity index (χ1) is 12.6. The van der Waals surface area contributed by atoms with Gasteiger partial charge >= 0.3 is 0 Å². The fourth-order valence-corrected chi connectivity index (χ4v) is 2.22. The normalized spacial score (nSPS) is 12.3. The number of ether oxygens (including phenoxy) is 1. The summed E-state index contributed by atoms with van der Waals surface area (Å²) in [5, 5.41) is 2.33. The molecule has 1 aromatic carbocycles. The molecule has 0 radical (unpaired) electrons. The number of hydrogen-bond acceptors (Lipinski definition) is 5. The van der Waals surface area contributed by atoms with Crippen LogP contribution in [0.2, 0.25) is 0 Å². The van der Waals surface area contributed by atoms with Gasteiger partial charge in [0.15, 0.2) is 0 Å². The number of rotatable bonds is 6. The Hall–Kier alpha value is -3.16. The van der Waals surface area contributed by atoms with Crippen molar-refractivity contribution in [1.82, 2.24) is 15.3 Å². The molecular weight excluding hydrogens is 348 g/mol. The number of amides is 2. The summed E-state index contributed by atoms with van der Waals surface area (Å²) in [6.45, 7) is 7.84. The maximum absolute atomic E-state index is 12.1. The molecule has 0 aliphatic heterocycles. The molecule has 2 aromatic rings. The van der Waals surface area contributed by atoms with Crippen molar-refractivity contribution >= 4 is 11.8 Å². The molecule has 4 N–H and O–H groups in total. The first kappa shape index (κ1) is 20.2. The summed E-state index contributed by atoms with van der Waals surface area (Å²) in [6, 6.07) is 6.78. The summed E-state index contributed by atoms with van der Waals surface area (Å²) in [7, 11) is 0. The Kier molecular flexibility index (Phi) is 5.99. The molecule has 27 heavy (non-hydrogen) atoms. The van der Waals surface area contributed by atoms with Gasteiger partial charge in [-0.25, -0.2) is 4.98 Å². The smallest absolute Gasteiger partial charge is 0.263 e. The summed E-state index contributed by atoms with van der Waals surface area (Å²) < 4.78 is 5.62. The number of primary amides is 1. The number of hydrogen-bond donors (Lipinski definition) is 3. The van der Waals surface area contributed by atoms with Crippen molar-refractivity contribution in [2.45, 2.75) is 45.8 Å². The summed E-state index contributed by atoms with van der Waals surface area (Å²) >= 11 is 0. The van der Waals surface area contributed by atoms with Crippen LogP contribution < -0.4 is 21.3 Å². The third kappa shape index (κ3) is 5.40. The van der Waals surface area contributed by atoms with Gasteiger partial charge < -0.3 is 20.8 Å². The van der Waals surface area contributed by atoms with Gasteiger partial charge in [0.25, 0.3) is 11.5 Å². The van der Waals surface area contributed by atoms with Crippen molar-refractivity contribution in [3.63, 3.8) is 0 Å². The number of carbonyl (C=O) groups is 2. The lowest BCUT2D eigenvalue weighted by atomic mass is 9.87. The number of nitrogens with zero attached hydrogens (tertiary/aromatic N) is 1. The standard InChI is InChI=1S/C19H24N4O4/c1-11(16(20)24)22-17(25)14-9-21-15(23-18(14)26)10-27-13-7-5-12(6-8-13)19(2,3)4/h5-9,11H,10H2,1-4H3,(H2,20,24)(H,22,25)(H,21,23,26)/t11-/m1/s1. The minimum Gasteiger partial charge on any atom is -0.486 e. The first-order valence-corrected chi connectivity index (χ1v) is 8.49. The number of aromatic nitrogens is 2. The first-order valence-electron chi connectivity index (χ1n) is 8.49. The van der Waals surface area contributed by atoms with Crippen LogP contribution in [0.25, 0.3) is 0 Å². The van der Waals surface area contributed by atoms with E-state index in [1.807, 2.05) is 24.3 Å². The predicted octanol–water partition coefficient (Wildman–Crippen LogP) is 1.25. The van der Waals surface area contributed by atoms with Crippen LogP contribution in [0.3, 0.4) is 0 Å². The molecule has 8 nitrogen and oxygen atoms in total. The number of benzene rings is 1.